The Kier molecular flexibility index (Phi) is 3.13. The van der Waals surface area contributed by atoms with Crippen molar-refractivity contribution in [3.05, 3.63) is 66.0 Å². The Hall–Kier alpha value is -2.75. The highest BCUT2D eigenvalue weighted by atomic mass is 16.1. The summed E-state index contributed by atoms with van der Waals surface area (Å²) in [6.45, 7) is 1.99. The standard InChI is InChI=1S/C16H13N3O/c1-11-4-6-12(7-5-11)16(20)19-14-8-10-17-13-3-2-9-18-15(13)14/h2-10H,1H3,(H,17,19,20). The third kappa shape index (κ3) is 2.36. The van der Waals surface area contributed by atoms with E-state index >= 15 is 0 Å². The number of amides is 1. The summed E-state index contributed by atoms with van der Waals surface area (Å²) in [5.41, 5.74) is 3.86. The Bertz CT molecular complexity index is 761. The van der Waals surface area contributed by atoms with Gasteiger partial charge in [0.25, 0.3) is 5.91 Å². The highest BCUT2D eigenvalue weighted by molar-refractivity contribution is 6.07. The Morgan fingerprint density at radius 2 is 1.80 bits per heavy atom. The topological polar surface area (TPSA) is 54.9 Å². The first-order valence-electron chi connectivity index (χ1n) is 6.32. The number of anilines is 1. The third-order valence-electron chi connectivity index (χ3n) is 3.06. The lowest BCUT2D eigenvalue weighted by Crippen LogP contribution is -2.12. The van der Waals surface area contributed by atoms with Crippen LogP contribution >= 0.6 is 0 Å². The van der Waals surface area contributed by atoms with Gasteiger partial charge in [-0.3, -0.25) is 14.8 Å². The van der Waals surface area contributed by atoms with Crippen LogP contribution in [0.25, 0.3) is 11.0 Å². The first-order valence-corrected chi connectivity index (χ1v) is 6.32. The number of nitrogens with one attached hydrogen (secondary N) is 1. The summed E-state index contributed by atoms with van der Waals surface area (Å²) in [6, 6.07) is 12.9. The van der Waals surface area contributed by atoms with Crippen molar-refractivity contribution < 1.29 is 4.79 Å². The van der Waals surface area contributed by atoms with Crippen LogP contribution in [-0.2, 0) is 0 Å². The van der Waals surface area contributed by atoms with Crippen LogP contribution in [-0.4, -0.2) is 15.9 Å². The van der Waals surface area contributed by atoms with E-state index in [1.54, 1.807) is 18.5 Å². The molecule has 1 aromatic carbocycles. The lowest BCUT2D eigenvalue weighted by molar-refractivity contribution is 0.102. The summed E-state index contributed by atoms with van der Waals surface area (Å²) >= 11 is 0. The molecule has 3 rings (SSSR count). The fraction of sp³-hybridized carbons (Fsp3) is 0.0625. The van der Waals surface area contributed by atoms with Gasteiger partial charge in [-0.15, -0.1) is 0 Å². The fourth-order valence-electron chi connectivity index (χ4n) is 1.98. The van der Waals surface area contributed by atoms with E-state index in [1.807, 2.05) is 43.3 Å². The number of fused-ring (bicyclic) bond motifs is 1. The summed E-state index contributed by atoms with van der Waals surface area (Å²) < 4.78 is 0. The minimum atomic E-state index is -0.150. The summed E-state index contributed by atoms with van der Waals surface area (Å²) in [5.74, 6) is -0.150. The lowest BCUT2D eigenvalue weighted by atomic mass is 10.1. The van der Waals surface area contributed by atoms with Gasteiger partial charge in [0, 0.05) is 18.0 Å². The minimum absolute atomic E-state index is 0.150. The number of hydrogen-bond donors (Lipinski definition) is 1. The molecule has 2 heterocycles. The second-order valence-electron chi connectivity index (χ2n) is 4.55. The van der Waals surface area contributed by atoms with Crippen molar-refractivity contribution in [2.45, 2.75) is 6.92 Å². The van der Waals surface area contributed by atoms with E-state index < -0.39 is 0 Å². The molecule has 0 atom stereocenters. The molecular formula is C16H13N3O. The molecule has 0 aliphatic rings. The maximum atomic E-state index is 12.2. The first-order chi connectivity index (χ1) is 9.74. The monoisotopic (exact) mass is 263 g/mol. The SMILES string of the molecule is Cc1ccc(C(=O)Nc2ccnc3cccnc23)cc1. The van der Waals surface area contributed by atoms with Crippen LogP contribution in [0.3, 0.4) is 0 Å². The van der Waals surface area contributed by atoms with Gasteiger partial charge in [0.15, 0.2) is 0 Å². The molecule has 0 aliphatic carbocycles. The van der Waals surface area contributed by atoms with E-state index in [0.717, 1.165) is 11.1 Å². The van der Waals surface area contributed by atoms with E-state index in [-0.39, 0.29) is 5.91 Å². The van der Waals surface area contributed by atoms with E-state index in [1.165, 1.54) is 0 Å². The van der Waals surface area contributed by atoms with E-state index in [0.29, 0.717) is 16.8 Å². The normalized spacial score (nSPS) is 10.4. The summed E-state index contributed by atoms with van der Waals surface area (Å²) in [6.07, 6.45) is 3.35. The molecule has 1 amide bonds. The average Bonchev–Trinajstić information content (AvgIpc) is 2.48. The minimum Gasteiger partial charge on any atom is -0.320 e. The number of rotatable bonds is 2. The van der Waals surface area contributed by atoms with Crippen molar-refractivity contribution in [3.63, 3.8) is 0 Å². The molecular weight excluding hydrogens is 250 g/mol. The van der Waals surface area contributed by atoms with Gasteiger partial charge < -0.3 is 5.32 Å². The Morgan fingerprint density at radius 1 is 1.00 bits per heavy atom. The molecule has 3 aromatic rings. The van der Waals surface area contributed by atoms with Crippen molar-refractivity contribution in [2.75, 3.05) is 5.32 Å². The van der Waals surface area contributed by atoms with Crippen molar-refractivity contribution >= 4 is 22.6 Å². The third-order valence-corrected chi connectivity index (χ3v) is 3.06. The van der Waals surface area contributed by atoms with Crippen LogP contribution < -0.4 is 5.32 Å². The van der Waals surface area contributed by atoms with Crippen LogP contribution in [0.4, 0.5) is 5.69 Å². The average molecular weight is 263 g/mol. The smallest absolute Gasteiger partial charge is 0.255 e. The van der Waals surface area contributed by atoms with E-state index in [4.69, 9.17) is 0 Å². The lowest BCUT2D eigenvalue weighted by Gasteiger charge is -2.07. The van der Waals surface area contributed by atoms with Crippen molar-refractivity contribution in [2.24, 2.45) is 0 Å². The number of carbonyl (C=O) groups is 1. The Labute approximate surface area is 116 Å². The molecule has 0 unspecified atom stereocenters. The second-order valence-corrected chi connectivity index (χ2v) is 4.55. The molecule has 0 radical (unpaired) electrons. The number of nitrogens with zero attached hydrogens (tertiary/aromatic N) is 2. The first kappa shape index (κ1) is 12.3. The Morgan fingerprint density at radius 3 is 2.60 bits per heavy atom. The largest absolute Gasteiger partial charge is 0.320 e. The molecule has 0 aliphatic heterocycles. The summed E-state index contributed by atoms with van der Waals surface area (Å²) in [4.78, 5) is 20.7. The molecule has 0 saturated carbocycles. The number of aryl methyl sites for hydroxylation is 1. The van der Waals surface area contributed by atoms with Crippen LogP contribution in [0.5, 0.6) is 0 Å². The second kappa shape index (κ2) is 5.09. The fourth-order valence-corrected chi connectivity index (χ4v) is 1.98. The van der Waals surface area contributed by atoms with E-state index in [2.05, 4.69) is 15.3 Å². The maximum Gasteiger partial charge on any atom is 0.255 e. The molecule has 4 nitrogen and oxygen atoms in total. The molecule has 2 aromatic heterocycles. The van der Waals surface area contributed by atoms with Crippen molar-refractivity contribution in [1.29, 1.82) is 0 Å². The van der Waals surface area contributed by atoms with Gasteiger partial charge in [-0.05, 0) is 37.3 Å². The van der Waals surface area contributed by atoms with Gasteiger partial charge in [0.1, 0.15) is 5.52 Å². The number of aromatic nitrogens is 2. The zero-order valence-corrected chi connectivity index (χ0v) is 11.0. The zero-order valence-electron chi connectivity index (χ0n) is 11.0. The highest BCUT2D eigenvalue weighted by Gasteiger charge is 2.09. The predicted molar refractivity (Wildman–Crippen MR) is 78.7 cm³/mol. The van der Waals surface area contributed by atoms with Gasteiger partial charge in [-0.1, -0.05) is 17.7 Å². The Balaban J connectivity index is 1.93. The number of pyridine rings is 2. The highest BCUT2D eigenvalue weighted by Crippen LogP contribution is 2.19. The molecule has 0 saturated heterocycles. The molecule has 20 heavy (non-hydrogen) atoms. The van der Waals surface area contributed by atoms with Gasteiger partial charge >= 0.3 is 0 Å². The molecule has 0 fully saturated rings. The quantitative estimate of drug-likeness (QED) is 0.772. The number of carbonyl (C=O) groups excluding carboxylic acids is 1. The van der Waals surface area contributed by atoms with Crippen LogP contribution in [0, 0.1) is 6.92 Å². The van der Waals surface area contributed by atoms with Gasteiger partial charge in [-0.25, -0.2) is 0 Å². The molecule has 0 bridgehead atoms. The molecule has 4 heteroatoms. The van der Waals surface area contributed by atoms with E-state index in [9.17, 15) is 4.79 Å². The van der Waals surface area contributed by atoms with Gasteiger partial charge in [0.05, 0.1) is 11.2 Å². The van der Waals surface area contributed by atoms with Gasteiger partial charge in [0.2, 0.25) is 0 Å². The van der Waals surface area contributed by atoms with Crippen molar-refractivity contribution in [3.8, 4) is 0 Å². The van der Waals surface area contributed by atoms with Crippen LogP contribution in [0.1, 0.15) is 15.9 Å². The number of hydrogen-bond acceptors (Lipinski definition) is 3. The van der Waals surface area contributed by atoms with Gasteiger partial charge in [-0.2, -0.15) is 0 Å². The predicted octanol–water partition coefficient (Wildman–Crippen LogP) is 3.19. The molecule has 1 N–H and O–H groups in total. The zero-order chi connectivity index (χ0) is 13.9. The molecule has 98 valence electrons. The number of benzene rings is 1. The van der Waals surface area contributed by atoms with Crippen molar-refractivity contribution in [1.82, 2.24) is 9.97 Å². The summed E-state index contributed by atoms with van der Waals surface area (Å²) in [5, 5.41) is 2.88. The van der Waals surface area contributed by atoms with Crippen LogP contribution in [0.15, 0.2) is 54.9 Å². The molecule has 0 spiro atoms. The summed E-state index contributed by atoms with van der Waals surface area (Å²) in [7, 11) is 0. The maximum absolute atomic E-state index is 12.2. The van der Waals surface area contributed by atoms with Crippen LogP contribution in [0.2, 0.25) is 0 Å².